The number of fused-ring (bicyclic) bond motifs is 1. The summed E-state index contributed by atoms with van der Waals surface area (Å²) >= 11 is 0. The lowest BCUT2D eigenvalue weighted by molar-refractivity contribution is -0.116. The maximum Gasteiger partial charge on any atom is 0.262 e. The number of aryl methyl sites for hydroxylation is 1. The van der Waals surface area contributed by atoms with Gasteiger partial charge in [0.15, 0.2) is 11.6 Å². The third-order valence-corrected chi connectivity index (χ3v) is 5.07. The van der Waals surface area contributed by atoms with E-state index in [0.717, 1.165) is 11.6 Å². The van der Waals surface area contributed by atoms with Crippen LogP contribution in [0, 0.1) is 5.82 Å². The lowest BCUT2D eigenvalue weighted by Crippen LogP contribution is -2.19. The molecule has 0 aromatic heterocycles. The second-order valence-electron chi connectivity index (χ2n) is 5.32. The number of benzene rings is 2. The molecule has 24 heavy (non-hydrogen) atoms. The Labute approximate surface area is 138 Å². The smallest absolute Gasteiger partial charge is 0.262 e. The Bertz CT molecular complexity index is 912. The van der Waals surface area contributed by atoms with Crippen LogP contribution in [0.5, 0.6) is 5.75 Å². The van der Waals surface area contributed by atoms with Crippen molar-refractivity contribution >= 4 is 27.3 Å². The van der Waals surface area contributed by atoms with Gasteiger partial charge in [-0.3, -0.25) is 9.52 Å². The van der Waals surface area contributed by atoms with Gasteiger partial charge in [0.1, 0.15) is 0 Å². The van der Waals surface area contributed by atoms with Crippen molar-refractivity contribution in [2.75, 3.05) is 17.1 Å². The number of hydrogen-bond acceptors (Lipinski definition) is 4. The molecule has 1 heterocycles. The molecule has 0 fully saturated rings. The first-order valence-electron chi connectivity index (χ1n) is 7.18. The molecule has 2 aromatic rings. The summed E-state index contributed by atoms with van der Waals surface area (Å²) in [5.74, 6) is -0.850. The zero-order chi connectivity index (χ0) is 17.3. The Morgan fingerprint density at radius 2 is 1.96 bits per heavy atom. The Kier molecular flexibility index (Phi) is 4.15. The highest BCUT2D eigenvalue weighted by molar-refractivity contribution is 7.92. The number of hydrogen-bond donors (Lipinski definition) is 2. The highest BCUT2D eigenvalue weighted by Gasteiger charge is 2.19. The van der Waals surface area contributed by atoms with Gasteiger partial charge in [0.05, 0.1) is 12.0 Å². The van der Waals surface area contributed by atoms with Crippen LogP contribution in [0.3, 0.4) is 0 Å². The van der Waals surface area contributed by atoms with Crippen LogP contribution in [0.2, 0.25) is 0 Å². The summed E-state index contributed by atoms with van der Waals surface area (Å²) in [7, 11) is -2.63. The molecule has 0 saturated carbocycles. The van der Waals surface area contributed by atoms with Gasteiger partial charge in [-0.1, -0.05) is 0 Å². The third kappa shape index (κ3) is 3.18. The quantitative estimate of drug-likeness (QED) is 0.887. The van der Waals surface area contributed by atoms with Gasteiger partial charge in [-0.2, -0.15) is 0 Å². The van der Waals surface area contributed by atoms with Gasteiger partial charge in [-0.05, 0) is 48.4 Å². The highest BCUT2D eigenvalue weighted by Crippen LogP contribution is 2.27. The number of methoxy groups -OCH3 is 1. The molecule has 1 amide bonds. The molecular formula is C16H15FN2O4S. The van der Waals surface area contributed by atoms with Crippen molar-refractivity contribution in [3.8, 4) is 5.75 Å². The Hall–Kier alpha value is -2.61. The van der Waals surface area contributed by atoms with Crippen molar-refractivity contribution in [2.45, 2.75) is 17.7 Å². The molecule has 126 valence electrons. The number of anilines is 2. The summed E-state index contributed by atoms with van der Waals surface area (Å²) < 4.78 is 45.7. The van der Waals surface area contributed by atoms with Crippen LogP contribution in [0.4, 0.5) is 15.8 Å². The van der Waals surface area contributed by atoms with Gasteiger partial charge in [-0.15, -0.1) is 0 Å². The van der Waals surface area contributed by atoms with Crippen molar-refractivity contribution in [3.63, 3.8) is 0 Å². The summed E-state index contributed by atoms with van der Waals surface area (Å²) in [6, 6.07) is 8.27. The highest BCUT2D eigenvalue weighted by atomic mass is 32.2. The Balaban J connectivity index is 1.87. The van der Waals surface area contributed by atoms with Crippen LogP contribution in [0.25, 0.3) is 0 Å². The molecule has 0 bridgehead atoms. The van der Waals surface area contributed by atoms with Crippen LogP contribution in [0.15, 0.2) is 41.3 Å². The first-order chi connectivity index (χ1) is 11.4. The number of carbonyl (C=O) groups is 1. The van der Waals surface area contributed by atoms with Crippen molar-refractivity contribution in [1.82, 2.24) is 0 Å². The monoisotopic (exact) mass is 350 g/mol. The average Bonchev–Trinajstić information content (AvgIpc) is 2.54. The van der Waals surface area contributed by atoms with E-state index in [0.29, 0.717) is 24.2 Å². The van der Waals surface area contributed by atoms with Crippen LogP contribution in [-0.4, -0.2) is 21.4 Å². The second-order valence-corrected chi connectivity index (χ2v) is 7.00. The third-order valence-electron chi connectivity index (χ3n) is 3.69. The van der Waals surface area contributed by atoms with Crippen molar-refractivity contribution < 1.29 is 22.3 Å². The molecule has 1 aliphatic rings. The van der Waals surface area contributed by atoms with E-state index in [2.05, 4.69) is 10.0 Å². The molecule has 0 radical (unpaired) electrons. The van der Waals surface area contributed by atoms with Crippen LogP contribution < -0.4 is 14.8 Å². The fourth-order valence-electron chi connectivity index (χ4n) is 2.48. The number of halogens is 1. The summed E-state index contributed by atoms with van der Waals surface area (Å²) in [5.41, 5.74) is 1.86. The van der Waals surface area contributed by atoms with E-state index >= 15 is 0 Å². The zero-order valence-electron chi connectivity index (χ0n) is 12.8. The first-order valence-corrected chi connectivity index (χ1v) is 8.66. The van der Waals surface area contributed by atoms with Crippen molar-refractivity contribution in [1.29, 1.82) is 0 Å². The van der Waals surface area contributed by atoms with Gasteiger partial charge < -0.3 is 10.1 Å². The standard InChI is InChI=1S/C16H15FN2O4S/c1-23-15-6-4-12(9-13(15)17)24(21,22)19-11-3-5-14-10(8-11)2-7-16(20)18-14/h3-6,8-9,19H,2,7H2,1H3,(H,18,20). The maximum absolute atomic E-state index is 13.7. The van der Waals surface area contributed by atoms with E-state index < -0.39 is 15.8 Å². The lowest BCUT2D eigenvalue weighted by atomic mass is 10.0. The summed E-state index contributed by atoms with van der Waals surface area (Å²) in [4.78, 5) is 11.1. The lowest BCUT2D eigenvalue weighted by Gasteiger charge is -2.18. The molecule has 0 spiro atoms. The fraction of sp³-hybridized carbons (Fsp3) is 0.188. The fourth-order valence-corrected chi connectivity index (χ4v) is 3.54. The SMILES string of the molecule is COc1ccc(S(=O)(=O)Nc2ccc3c(c2)CCC(=O)N3)cc1F. The molecule has 3 rings (SSSR count). The van der Waals surface area contributed by atoms with E-state index in [4.69, 9.17) is 4.74 Å². The van der Waals surface area contributed by atoms with E-state index in [1.54, 1.807) is 18.2 Å². The number of amides is 1. The van der Waals surface area contributed by atoms with Crippen molar-refractivity contribution in [3.05, 3.63) is 47.8 Å². The van der Waals surface area contributed by atoms with E-state index in [-0.39, 0.29) is 16.6 Å². The van der Waals surface area contributed by atoms with Crippen molar-refractivity contribution in [2.24, 2.45) is 0 Å². The van der Waals surface area contributed by atoms with Gasteiger partial charge in [0, 0.05) is 17.8 Å². The molecule has 0 unspecified atom stereocenters. The molecule has 0 aliphatic carbocycles. The molecule has 0 atom stereocenters. The Morgan fingerprint density at radius 1 is 1.17 bits per heavy atom. The van der Waals surface area contributed by atoms with Gasteiger partial charge >= 0.3 is 0 Å². The topological polar surface area (TPSA) is 84.5 Å². The molecule has 2 aromatic carbocycles. The van der Waals surface area contributed by atoms with Crippen LogP contribution in [0.1, 0.15) is 12.0 Å². The second kappa shape index (κ2) is 6.12. The van der Waals surface area contributed by atoms with Crippen LogP contribution >= 0.6 is 0 Å². The zero-order valence-corrected chi connectivity index (χ0v) is 13.6. The average molecular weight is 350 g/mol. The predicted molar refractivity (Wildman–Crippen MR) is 87.2 cm³/mol. The molecule has 6 nitrogen and oxygen atoms in total. The van der Waals surface area contributed by atoms with Gasteiger partial charge in [0.25, 0.3) is 10.0 Å². The number of nitrogens with one attached hydrogen (secondary N) is 2. The minimum absolute atomic E-state index is 0.0292. The minimum Gasteiger partial charge on any atom is -0.494 e. The number of ether oxygens (including phenoxy) is 1. The first kappa shape index (κ1) is 16.3. The number of rotatable bonds is 4. The summed E-state index contributed by atoms with van der Waals surface area (Å²) in [6.07, 6.45) is 0.890. The molecule has 8 heteroatoms. The normalized spacial score (nSPS) is 13.8. The minimum atomic E-state index is -3.93. The van der Waals surface area contributed by atoms with E-state index in [9.17, 15) is 17.6 Å². The van der Waals surface area contributed by atoms with E-state index in [1.165, 1.54) is 19.2 Å². The summed E-state index contributed by atoms with van der Waals surface area (Å²) in [6.45, 7) is 0. The molecule has 0 saturated heterocycles. The number of sulfonamides is 1. The largest absolute Gasteiger partial charge is 0.494 e. The molecule has 1 aliphatic heterocycles. The maximum atomic E-state index is 13.7. The Morgan fingerprint density at radius 3 is 2.67 bits per heavy atom. The number of carbonyl (C=O) groups excluding carboxylic acids is 1. The molecular weight excluding hydrogens is 335 g/mol. The predicted octanol–water partition coefficient (Wildman–Crippen LogP) is 2.52. The van der Waals surface area contributed by atoms with Gasteiger partial charge in [-0.25, -0.2) is 12.8 Å². The van der Waals surface area contributed by atoms with E-state index in [1.807, 2.05) is 0 Å². The van der Waals surface area contributed by atoms with Crippen LogP contribution in [-0.2, 0) is 21.2 Å². The summed E-state index contributed by atoms with van der Waals surface area (Å²) in [5, 5.41) is 2.72. The molecule has 2 N–H and O–H groups in total. The van der Waals surface area contributed by atoms with Gasteiger partial charge in [0.2, 0.25) is 5.91 Å².